The number of carbonyl (C=O) groups excluding carboxylic acids is 5. The quantitative estimate of drug-likeness (QED) is 0.0146. The van der Waals surface area contributed by atoms with Gasteiger partial charge in [-0.1, -0.05) is 163 Å². The second-order valence-corrected chi connectivity index (χ2v) is 39.1. The van der Waals surface area contributed by atoms with Crippen LogP contribution in [0.3, 0.4) is 0 Å². The van der Waals surface area contributed by atoms with E-state index in [9.17, 15) is 48.3 Å². The van der Waals surface area contributed by atoms with Crippen molar-refractivity contribution in [3.05, 3.63) is 190 Å². The number of carbonyl (C=O) groups is 6. The van der Waals surface area contributed by atoms with Crippen LogP contribution in [0.4, 0.5) is 0 Å². The smallest absolute Gasteiger partial charge is 0.481 e. The molecule has 9 aromatic rings. The minimum absolute atomic E-state index is 0.0347. The number of hydrogen-bond acceptors (Lipinski definition) is 24. The van der Waals surface area contributed by atoms with E-state index >= 15 is 0 Å². The number of aliphatic hydroxyl groups is 2. The minimum Gasteiger partial charge on any atom is -0.481 e. The Hall–Kier alpha value is -8.07. The lowest BCUT2D eigenvalue weighted by Gasteiger charge is -2.35. The Kier molecular flexibility index (Phi) is 32.9. The van der Waals surface area contributed by atoms with Crippen molar-refractivity contribution in [2.24, 2.45) is 0 Å². The van der Waals surface area contributed by atoms with Gasteiger partial charge < -0.3 is 66.0 Å². The number of rotatable bonds is 19. The van der Waals surface area contributed by atoms with Crippen molar-refractivity contribution in [2.75, 3.05) is 62.2 Å². The summed E-state index contributed by atoms with van der Waals surface area (Å²) in [6.07, 6.45) is 2.48. The average Bonchev–Trinajstić information content (AvgIpc) is 1.71. The maximum Gasteiger partial charge on any atom is 0.500 e. The Labute approximate surface area is 703 Å². The number of pyridine rings is 6. The molecule has 3 aromatic carbocycles. The number of aliphatic carboxylic acids is 1. The Bertz CT molecular complexity index is 5280. The number of ether oxygens (including phenoxy) is 5. The van der Waals surface area contributed by atoms with E-state index < -0.39 is 69.5 Å². The number of nitrogens with zero attached hydrogens (tertiary/aromatic N) is 6. The summed E-state index contributed by atoms with van der Waals surface area (Å²) >= 11 is 14.3. The van der Waals surface area contributed by atoms with Gasteiger partial charge in [-0.2, -0.15) is 24.4 Å². The van der Waals surface area contributed by atoms with Crippen LogP contribution in [-0.2, 0) is 122 Å². The van der Waals surface area contributed by atoms with Crippen LogP contribution in [-0.4, -0.2) is 159 Å². The van der Waals surface area contributed by atoms with E-state index in [-0.39, 0.29) is 72.2 Å². The number of carboxylic acids is 1. The van der Waals surface area contributed by atoms with Gasteiger partial charge in [-0.25, -0.2) is 29.3 Å². The highest BCUT2D eigenvalue weighted by Crippen LogP contribution is 2.45. The number of fused-ring (bicyclic) bond motifs is 15. The van der Waals surface area contributed by atoms with Gasteiger partial charge in [-0.15, -0.1) is 0 Å². The first-order valence-electron chi connectivity index (χ1n) is 37.3. The molecule has 0 bridgehead atoms. The summed E-state index contributed by atoms with van der Waals surface area (Å²) in [6, 6.07) is 36.8. The third-order valence-electron chi connectivity index (χ3n) is 20.0. The molecule has 616 valence electrons. The standard InChI is InChI=1S/C28H32N2O5SSi.C22H17BrN2O5.C20H16N2O4.C6H16O3SSi.C2H3BrO2.C2H6.CH3Br.CH4O/c1-5-28(35-24(31)17-36-11-8-12-37(2,3)4)21-14-23-25-19(13-18-9-6-7-10-22(18)29-25)15-30(23)26(32)20(21)16-34-27(28)33;1-2-22(30-18(26)9-23)15-8-17-19-13(7-12-5-3-4-6-16(12)24-19)10-25(17)20(27)14(15)11-29-21(22)28;1-2-20(25)14-8-16-17-12(7-11-5-3-4-6-15(11)21-17)9-22(16)18(23)13(14)10-26-19(20)24;1-7-11(8-2,9-3)6-4-5-10;3-1-2(4)5;3*1-2/h6-7,9-10,13-14H,5,8,11-12,15-17H2,1-4H3;3-8H,2,9-11H2,1H3;3-8,25H,2,9-10H2,1H3;10H,4-6H2,1-3H3;1H2,(H,4,5);1-2H3;1H3;2H,1H3/t28-;22-;20-;;;;;/m000...../s1. The van der Waals surface area contributed by atoms with Crippen molar-refractivity contribution in [3.8, 4) is 34.2 Å². The fourth-order valence-corrected chi connectivity index (χ4v) is 18.8. The molecular weight excluding hydrogens is 1750 g/mol. The fraction of sp³-hybridized carbons (Fsp3) is 0.415. The van der Waals surface area contributed by atoms with Gasteiger partial charge in [0.1, 0.15) is 30.5 Å². The van der Waals surface area contributed by atoms with Crippen molar-refractivity contribution >= 4 is 158 Å². The number of aliphatic hydroxyl groups excluding tert-OH is 1. The van der Waals surface area contributed by atoms with E-state index in [4.69, 9.17) is 62.1 Å². The number of halogens is 3. The first kappa shape index (κ1) is 92.4. The van der Waals surface area contributed by atoms with Crippen LogP contribution in [0.25, 0.3) is 66.9 Å². The number of cyclic esters (lactones) is 3. The zero-order chi connectivity index (χ0) is 84.5. The van der Waals surface area contributed by atoms with E-state index in [1.807, 2.05) is 111 Å². The number of thiol groups is 1. The van der Waals surface area contributed by atoms with Crippen molar-refractivity contribution in [1.29, 1.82) is 0 Å². The van der Waals surface area contributed by atoms with Gasteiger partial charge >= 0.3 is 44.6 Å². The van der Waals surface area contributed by atoms with Gasteiger partial charge in [0.25, 0.3) is 16.7 Å². The molecular formula is C82H97Br3N6O20S2Si2. The topological polar surface area (TPSA) is 342 Å². The molecule has 3 N–H and O–H groups in total. The molecule has 33 heteroatoms. The van der Waals surface area contributed by atoms with Crippen LogP contribution in [0.1, 0.15) is 117 Å². The van der Waals surface area contributed by atoms with Gasteiger partial charge in [0.2, 0.25) is 11.2 Å². The normalized spacial score (nSPS) is 17.1. The van der Waals surface area contributed by atoms with Crippen molar-refractivity contribution < 1.29 is 81.0 Å². The Morgan fingerprint density at radius 2 is 0.896 bits per heavy atom. The molecule has 3 atom stereocenters. The molecule has 115 heavy (non-hydrogen) atoms. The molecule has 0 amide bonds. The molecule has 26 nitrogen and oxygen atoms in total. The largest absolute Gasteiger partial charge is 0.500 e. The minimum atomic E-state index is -2.29. The van der Waals surface area contributed by atoms with Crippen molar-refractivity contribution in [1.82, 2.24) is 28.7 Å². The van der Waals surface area contributed by atoms with E-state index in [1.54, 1.807) is 67.9 Å². The highest BCUT2D eigenvalue weighted by Gasteiger charge is 2.53. The fourth-order valence-electron chi connectivity index (χ4n) is 14.2. The maximum atomic E-state index is 13.6. The number of para-hydroxylation sites is 3. The summed E-state index contributed by atoms with van der Waals surface area (Å²) in [5.74, 6) is -0.249. The molecule has 0 aliphatic carbocycles. The summed E-state index contributed by atoms with van der Waals surface area (Å²) in [6.45, 7) is 17.0. The molecule has 0 radical (unpaired) electrons. The molecule has 0 fully saturated rings. The van der Waals surface area contributed by atoms with E-state index in [2.05, 4.69) is 86.1 Å². The molecule has 15 rings (SSSR count). The monoisotopic (exact) mass is 1840 g/mol. The summed E-state index contributed by atoms with van der Waals surface area (Å²) in [7, 11) is 2.46. The summed E-state index contributed by atoms with van der Waals surface area (Å²) in [4.78, 5) is 127. The summed E-state index contributed by atoms with van der Waals surface area (Å²) in [5, 5.41) is 28.5. The zero-order valence-electron chi connectivity index (χ0n) is 66.6. The molecule has 12 heterocycles. The molecule has 6 aliphatic heterocycles. The lowest BCUT2D eigenvalue weighted by molar-refractivity contribution is -0.187. The Morgan fingerprint density at radius 1 is 0.539 bits per heavy atom. The molecule has 0 unspecified atom stereocenters. The highest BCUT2D eigenvalue weighted by atomic mass is 79.9. The zero-order valence-corrected chi connectivity index (χ0v) is 75.0. The third-order valence-corrected chi connectivity index (χ3v) is 27.0. The van der Waals surface area contributed by atoms with Crippen LogP contribution in [0.15, 0.2) is 124 Å². The predicted molar refractivity (Wildman–Crippen MR) is 461 cm³/mol. The number of benzene rings is 3. The van der Waals surface area contributed by atoms with E-state index in [1.165, 1.54) is 17.8 Å². The van der Waals surface area contributed by atoms with Crippen molar-refractivity contribution in [2.45, 2.75) is 155 Å². The average molecular weight is 1850 g/mol. The van der Waals surface area contributed by atoms with E-state index in [0.717, 1.165) is 92.6 Å². The predicted octanol–water partition coefficient (Wildman–Crippen LogP) is 13.5. The lowest BCUT2D eigenvalue weighted by Crippen LogP contribution is -2.47. The van der Waals surface area contributed by atoms with Gasteiger partial charge in [0.15, 0.2) is 5.60 Å². The van der Waals surface area contributed by atoms with Gasteiger partial charge in [0, 0.05) is 92.1 Å². The summed E-state index contributed by atoms with van der Waals surface area (Å²) < 4.78 is 47.8. The van der Waals surface area contributed by atoms with Crippen LogP contribution in [0, 0.1) is 0 Å². The third kappa shape index (κ3) is 19.6. The lowest BCUT2D eigenvalue weighted by atomic mass is 9.85. The first-order chi connectivity index (χ1) is 55.1. The van der Waals surface area contributed by atoms with Gasteiger partial charge in [-0.05, 0) is 104 Å². The molecule has 0 saturated carbocycles. The number of esters is 5. The number of thioether (sulfide) groups is 1. The van der Waals surface area contributed by atoms with Crippen molar-refractivity contribution in [3.63, 3.8) is 0 Å². The first-order valence-corrected chi connectivity index (χ1v) is 48.6. The number of aromatic nitrogens is 6. The Morgan fingerprint density at radius 3 is 1.23 bits per heavy atom. The maximum absolute atomic E-state index is 13.6. The van der Waals surface area contributed by atoms with Gasteiger partial charge in [-0.3, -0.25) is 28.8 Å². The number of carboxylic acid groups (broad SMARTS) is 1. The second-order valence-electron chi connectivity index (χ2n) is 27.8. The highest BCUT2D eigenvalue weighted by molar-refractivity contribution is 9.09. The van der Waals surface area contributed by atoms with Crippen LogP contribution >= 0.6 is 72.2 Å². The molecule has 6 aromatic heterocycles. The molecule has 0 saturated heterocycles. The SMILES string of the molecule is CBr.CC.CC[C@@]1(O)C(=O)OCc2c1cc1n(c2=O)Cc2cc3ccccc3nc2-1.CC[C@@]1(OC(=O)CBr)C(=O)OCc2c1cc1n(c2=O)Cc2cc3ccccc3nc2-1.CC[C@@]1(OC(=O)CSCCC[Si](C)(C)C)C(=O)OCc2c1cc1n(c2=O)Cc2cc3ccccc3nc2-1.CO.CO[Si](CCCS)(OC)OC.O=C(O)CBr. The van der Waals surface area contributed by atoms with E-state index in [0.29, 0.717) is 81.5 Å². The summed E-state index contributed by atoms with van der Waals surface area (Å²) in [5.41, 5.74) is 5.71. The second kappa shape index (κ2) is 40.9. The Balaban J connectivity index is 0.000000193. The van der Waals surface area contributed by atoms with Crippen LogP contribution < -0.4 is 16.7 Å². The van der Waals surface area contributed by atoms with Gasteiger partial charge in [0.05, 0.1) is 92.8 Å². The van der Waals surface area contributed by atoms with Crippen LogP contribution in [0.2, 0.25) is 31.7 Å². The number of alkyl halides is 3. The van der Waals surface area contributed by atoms with Crippen LogP contribution in [0.5, 0.6) is 0 Å². The molecule has 0 spiro atoms. The molecule has 6 aliphatic rings. The number of hydrogen-bond donors (Lipinski definition) is 4.